The smallest absolute Gasteiger partial charge is 0.263 e. The molecule has 4 nitrogen and oxygen atoms in total. The maximum atomic E-state index is 13.5. The Morgan fingerprint density at radius 1 is 1.32 bits per heavy atom. The third-order valence-electron chi connectivity index (χ3n) is 5.25. The summed E-state index contributed by atoms with van der Waals surface area (Å²) in [5.41, 5.74) is 2.46. The normalized spacial score (nSPS) is 16.3. The zero-order valence-corrected chi connectivity index (χ0v) is 17.9. The Bertz CT molecular complexity index is 1070. The molecule has 0 amide bonds. The van der Waals surface area contributed by atoms with E-state index in [-0.39, 0.29) is 11.3 Å². The highest BCUT2D eigenvalue weighted by atomic mass is 32.2. The molecule has 1 aromatic carbocycles. The Balaban J connectivity index is 1.77. The Hall–Kier alpha value is -1.92. The molecule has 0 bridgehead atoms. The number of hydrogen-bond donors (Lipinski definition) is 0. The first kappa shape index (κ1) is 19.4. The van der Waals surface area contributed by atoms with E-state index in [0.29, 0.717) is 23.4 Å². The van der Waals surface area contributed by atoms with Crippen molar-refractivity contribution in [3.8, 4) is 0 Å². The van der Waals surface area contributed by atoms with Crippen LogP contribution in [0.25, 0.3) is 10.2 Å². The number of Topliss-reactive ketones (excluding diaryl/α,β-unsaturated/α-hetero) is 1. The standard InChI is InChI=1S/C22H24N2O2S2/c1-14-8-9-17-18(12-14)28-20-19(17)21(26)24(22(23-20)27-13-15(2)25)11-10-16-6-4-3-5-7-16/h3-7,14H,8-13H2,1-2H3/t14-/m0/s1. The molecule has 0 aliphatic heterocycles. The number of hydrogen-bond acceptors (Lipinski definition) is 5. The van der Waals surface area contributed by atoms with Crippen molar-refractivity contribution in [3.63, 3.8) is 0 Å². The van der Waals surface area contributed by atoms with Crippen LogP contribution in [0.15, 0.2) is 40.3 Å². The van der Waals surface area contributed by atoms with Crippen LogP contribution >= 0.6 is 23.1 Å². The van der Waals surface area contributed by atoms with Crippen LogP contribution in [0.5, 0.6) is 0 Å². The quantitative estimate of drug-likeness (QED) is 0.442. The summed E-state index contributed by atoms with van der Waals surface area (Å²) in [6.07, 6.45) is 3.90. The molecule has 2 aromatic heterocycles. The molecule has 2 heterocycles. The monoisotopic (exact) mass is 412 g/mol. The molecule has 146 valence electrons. The van der Waals surface area contributed by atoms with Crippen LogP contribution in [0.1, 0.15) is 36.3 Å². The van der Waals surface area contributed by atoms with Gasteiger partial charge in [0.1, 0.15) is 10.6 Å². The van der Waals surface area contributed by atoms with Crippen molar-refractivity contribution in [2.24, 2.45) is 5.92 Å². The molecule has 6 heteroatoms. The van der Waals surface area contributed by atoms with Gasteiger partial charge in [0.2, 0.25) is 0 Å². The van der Waals surface area contributed by atoms with Gasteiger partial charge in [-0.2, -0.15) is 0 Å². The number of aromatic nitrogens is 2. The summed E-state index contributed by atoms with van der Waals surface area (Å²) in [7, 11) is 0. The highest BCUT2D eigenvalue weighted by molar-refractivity contribution is 7.99. The van der Waals surface area contributed by atoms with Crippen molar-refractivity contribution in [2.45, 2.75) is 51.2 Å². The highest BCUT2D eigenvalue weighted by Gasteiger charge is 2.24. The second-order valence-corrected chi connectivity index (χ2v) is 9.64. The van der Waals surface area contributed by atoms with Gasteiger partial charge in [-0.25, -0.2) is 4.98 Å². The first-order valence-corrected chi connectivity index (χ1v) is 11.5. The van der Waals surface area contributed by atoms with E-state index >= 15 is 0 Å². The molecule has 1 aliphatic rings. The van der Waals surface area contributed by atoms with E-state index in [0.717, 1.165) is 35.9 Å². The molecule has 0 radical (unpaired) electrons. The molecule has 0 unspecified atom stereocenters. The Morgan fingerprint density at radius 3 is 2.86 bits per heavy atom. The lowest BCUT2D eigenvalue weighted by atomic mass is 9.89. The van der Waals surface area contributed by atoms with E-state index in [1.165, 1.54) is 27.8 Å². The molecule has 0 N–H and O–H groups in total. The Kier molecular flexibility index (Phi) is 5.69. The number of rotatable bonds is 6. The zero-order chi connectivity index (χ0) is 19.7. The molecule has 4 rings (SSSR count). The van der Waals surface area contributed by atoms with Gasteiger partial charge in [-0.15, -0.1) is 11.3 Å². The van der Waals surface area contributed by atoms with Crippen LogP contribution in [-0.2, 0) is 30.6 Å². The molecular formula is C22H24N2O2S2. The average Bonchev–Trinajstić information content (AvgIpc) is 3.04. The van der Waals surface area contributed by atoms with Gasteiger partial charge in [-0.3, -0.25) is 14.2 Å². The van der Waals surface area contributed by atoms with Crippen LogP contribution in [0, 0.1) is 5.92 Å². The molecule has 1 aliphatic carbocycles. The number of carbonyl (C=O) groups excluding carboxylic acids is 1. The number of ketones is 1. The van der Waals surface area contributed by atoms with E-state index in [9.17, 15) is 9.59 Å². The van der Waals surface area contributed by atoms with Crippen molar-refractivity contribution < 1.29 is 4.79 Å². The number of thiophene rings is 1. The first-order chi connectivity index (χ1) is 13.5. The van der Waals surface area contributed by atoms with Gasteiger partial charge in [0, 0.05) is 11.4 Å². The summed E-state index contributed by atoms with van der Waals surface area (Å²) in [4.78, 5) is 32.0. The number of aryl methyl sites for hydroxylation is 2. The highest BCUT2D eigenvalue weighted by Crippen LogP contribution is 2.36. The predicted molar refractivity (Wildman–Crippen MR) is 117 cm³/mol. The van der Waals surface area contributed by atoms with Gasteiger partial charge in [0.05, 0.1) is 11.1 Å². The minimum atomic E-state index is 0.0547. The SMILES string of the molecule is CC(=O)CSc1nc2sc3c(c2c(=O)n1CCc1ccccc1)CC[C@H](C)C3. The van der Waals surface area contributed by atoms with E-state index in [2.05, 4.69) is 19.1 Å². The minimum Gasteiger partial charge on any atom is -0.299 e. The van der Waals surface area contributed by atoms with Crippen LogP contribution < -0.4 is 5.56 Å². The molecule has 28 heavy (non-hydrogen) atoms. The van der Waals surface area contributed by atoms with E-state index in [1.54, 1.807) is 22.8 Å². The van der Waals surface area contributed by atoms with Gasteiger partial charge in [0.25, 0.3) is 5.56 Å². The maximum absolute atomic E-state index is 13.5. The molecule has 0 saturated carbocycles. The summed E-state index contributed by atoms with van der Waals surface area (Å²) >= 11 is 3.04. The second kappa shape index (κ2) is 8.21. The lowest BCUT2D eigenvalue weighted by Gasteiger charge is -2.17. The Morgan fingerprint density at radius 2 is 2.11 bits per heavy atom. The van der Waals surface area contributed by atoms with Crippen molar-refractivity contribution >= 4 is 39.1 Å². The summed E-state index contributed by atoms with van der Waals surface area (Å²) < 4.78 is 1.79. The van der Waals surface area contributed by atoms with Crippen molar-refractivity contribution in [3.05, 3.63) is 56.7 Å². The summed E-state index contributed by atoms with van der Waals surface area (Å²) in [5.74, 6) is 1.09. The van der Waals surface area contributed by atoms with Gasteiger partial charge in [0.15, 0.2) is 5.16 Å². The molecule has 3 aromatic rings. The van der Waals surface area contributed by atoms with E-state index in [4.69, 9.17) is 4.98 Å². The first-order valence-electron chi connectivity index (χ1n) is 9.74. The minimum absolute atomic E-state index is 0.0547. The number of thioether (sulfide) groups is 1. The topological polar surface area (TPSA) is 52.0 Å². The van der Waals surface area contributed by atoms with E-state index < -0.39 is 0 Å². The summed E-state index contributed by atoms with van der Waals surface area (Å²) in [5, 5.41) is 1.47. The van der Waals surface area contributed by atoms with Crippen LogP contribution in [-0.4, -0.2) is 21.1 Å². The van der Waals surface area contributed by atoms with Crippen molar-refractivity contribution in [1.29, 1.82) is 0 Å². The number of fused-ring (bicyclic) bond motifs is 3. The molecular weight excluding hydrogens is 388 g/mol. The molecule has 0 spiro atoms. The number of benzene rings is 1. The van der Waals surface area contributed by atoms with E-state index in [1.807, 2.05) is 18.2 Å². The summed E-state index contributed by atoms with van der Waals surface area (Å²) in [6, 6.07) is 10.2. The van der Waals surface area contributed by atoms with Gasteiger partial charge in [-0.1, -0.05) is 49.0 Å². The second-order valence-electron chi connectivity index (χ2n) is 7.61. The number of carbonyl (C=O) groups is 1. The lowest BCUT2D eigenvalue weighted by molar-refractivity contribution is -0.114. The third kappa shape index (κ3) is 3.94. The Labute approximate surface area is 173 Å². The zero-order valence-electron chi connectivity index (χ0n) is 16.2. The third-order valence-corrected chi connectivity index (χ3v) is 7.52. The molecule has 1 atom stereocenters. The molecule has 0 fully saturated rings. The molecule has 0 saturated heterocycles. The van der Waals surface area contributed by atoms with Gasteiger partial charge >= 0.3 is 0 Å². The van der Waals surface area contributed by atoms with Gasteiger partial charge in [-0.05, 0) is 49.7 Å². The predicted octanol–water partition coefficient (Wildman–Crippen LogP) is 4.51. The fraction of sp³-hybridized carbons (Fsp3) is 0.409. The number of nitrogens with zero attached hydrogens (tertiary/aromatic N) is 2. The van der Waals surface area contributed by atoms with Crippen LogP contribution in [0.4, 0.5) is 0 Å². The maximum Gasteiger partial charge on any atom is 0.263 e. The van der Waals surface area contributed by atoms with Crippen LogP contribution in [0.3, 0.4) is 0 Å². The fourth-order valence-corrected chi connectivity index (χ4v) is 6.01. The van der Waals surface area contributed by atoms with Crippen molar-refractivity contribution in [1.82, 2.24) is 9.55 Å². The fourth-order valence-electron chi connectivity index (χ4n) is 3.76. The van der Waals surface area contributed by atoms with Crippen molar-refractivity contribution in [2.75, 3.05) is 5.75 Å². The average molecular weight is 413 g/mol. The van der Waals surface area contributed by atoms with Crippen LogP contribution in [0.2, 0.25) is 0 Å². The summed E-state index contributed by atoms with van der Waals surface area (Å²) in [6.45, 7) is 4.42. The largest absolute Gasteiger partial charge is 0.299 e. The lowest BCUT2D eigenvalue weighted by Crippen LogP contribution is -2.25. The van der Waals surface area contributed by atoms with Gasteiger partial charge < -0.3 is 0 Å².